The molecule has 0 aliphatic carbocycles. The molecule has 4 nitrogen and oxygen atoms in total. The van der Waals surface area contributed by atoms with E-state index < -0.39 is 0 Å². The number of esters is 1. The minimum Gasteiger partial charge on any atom is -0.469 e. The first-order valence-electron chi connectivity index (χ1n) is 8.71. The van der Waals surface area contributed by atoms with Gasteiger partial charge in [0.15, 0.2) is 0 Å². The van der Waals surface area contributed by atoms with E-state index in [1.165, 1.54) is 12.7 Å². The van der Waals surface area contributed by atoms with E-state index in [1.54, 1.807) is 0 Å². The Kier molecular flexibility index (Phi) is 5.09. The number of carbonyl (C=O) groups is 1. The van der Waals surface area contributed by atoms with Crippen LogP contribution in [-0.4, -0.2) is 17.6 Å². The zero-order valence-corrected chi connectivity index (χ0v) is 15.3. The van der Waals surface area contributed by atoms with Gasteiger partial charge in [-0.1, -0.05) is 56.3 Å². The van der Waals surface area contributed by atoms with Crippen molar-refractivity contribution in [1.82, 2.24) is 4.57 Å². The summed E-state index contributed by atoms with van der Waals surface area (Å²) < 4.78 is 6.79. The van der Waals surface area contributed by atoms with Gasteiger partial charge >= 0.3 is 5.97 Å². The number of nitriles is 1. The predicted molar refractivity (Wildman–Crippen MR) is 102 cm³/mol. The SMILES string of the molecule is COC(=O)Cc1c(C#N)n(Cc2ccc(C(C)C)cc2)c2ccccc12. The molecule has 0 radical (unpaired) electrons. The second-order valence-corrected chi connectivity index (χ2v) is 6.69. The number of hydrogen-bond acceptors (Lipinski definition) is 3. The number of benzene rings is 2. The summed E-state index contributed by atoms with van der Waals surface area (Å²) in [4.78, 5) is 11.8. The van der Waals surface area contributed by atoms with E-state index in [4.69, 9.17) is 4.74 Å². The molecule has 0 N–H and O–H groups in total. The lowest BCUT2D eigenvalue weighted by Gasteiger charge is -2.10. The van der Waals surface area contributed by atoms with Crippen molar-refractivity contribution < 1.29 is 9.53 Å². The van der Waals surface area contributed by atoms with Crippen molar-refractivity contribution in [3.05, 3.63) is 70.9 Å². The number of carbonyl (C=O) groups excluding carboxylic acids is 1. The zero-order valence-electron chi connectivity index (χ0n) is 15.3. The molecule has 0 bridgehead atoms. The Balaban J connectivity index is 2.07. The summed E-state index contributed by atoms with van der Waals surface area (Å²) in [6.45, 7) is 4.92. The minimum atomic E-state index is -0.342. The number of ether oxygens (including phenoxy) is 1. The standard InChI is InChI=1S/C22H22N2O2/c1-15(2)17-10-8-16(9-11-17)14-24-20-7-5-4-6-18(20)19(21(24)13-23)12-22(25)26-3/h4-11,15H,12,14H2,1-3H3. The van der Waals surface area contributed by atoms with Crippen LogP contribution in [0.2, 0.25) is 0 Å². The zero-order chi connectivity index (χ0) is 18.7. The number of hydrogen-bond donors (Lipinski definition) is 0. The van der Waals surface area contributed by atoms with E-state index in [0.29, 0.717) is 18.2 Å². The number of methoxy groups -OCH3 is 1. The van der Waals surface area contributed by atoms with Crippen LogP contribution in [0.5, 0.6) is 0 Å². The van der Waals surface area contributed by atoms with Crippen LogP contribution in [0.4, 0.5) is 0 Å². The van der Waals surface area contributed by atoms with Gasteiger partial charge in [-0.15, -0.1) is 0 Å². The molecule has 0 saturated heterocycles. The summed E-state index contributed by atoms with van der Waals surface area (Å²) in [6.07, 6.45) is 0.0964. The fourth-order valence-corrected chi connectivity index (χ4v) is 3.25. The third-order valence-electron chi connectivity index (χ3n) is 4.72. The Morgan fingerprint density at radius 1 is 1.15 bits per heavy atom. The third-order valence-corrected chi connectivity index (χ3v) is 4.72. The molecule has 3 aromatic rings. The maximum absolute atomic E-state index is 11.8. The second-order valence-electron chi connectivity index (χ2n) is 6.69. The quantitative estimate of drug-likeness (QED) is 0.643. The molecule has 0 aliphatic rings. The van der Waals surface area contributed by atoms with E-state index in [-0.39, 0.29) is 12.4 Å². The molecule has 1 heterocycles. The topological polar surface area (TPSA) is 55.0 Å². The number of para-hydroxylation sites is 1. The predicted octanol–water partition coefficient (Wildman–Crippen LogP) is 4.40. The molecule has 4 heteroatoms. The van der Waals surface area contributed by atoms with Crippen molar-refractivity contribution in [1.29, 1.82) is 5.26 Å². The summed E-state index contributed by atoms with van der Waals surface area (Å²) in [5, 5.41) is 10.7. The Labute approximate surface area is 153 Å². The Morgan fingerprint density at radius 3 is 2.46 bits per heavy atom. The lowest BCUT2D eigenvalue weighted by molar-refractivity contribution is -0.139. The highest BCUT2D eigenvalue weighted by atomic mass is 16.5. The van der Waals surface area contributed by atoms with E-state index in [1.807, 2.05) is 28.8 Å². The van der Waals surface area contributed by atoms with Crippen molar-refractivity contribution in [2.45, 2.75) is 32.7 Å². The van der Waals surface area contributed by atoms with Gasteiger partial charge in [0.2, 0.25) is 0 Å². The van der Waals surface area contributed by atoms with Crippen molar-refractivity contribution in [2.24, 2.45) is 0 Å². The molecule has 26 heavy (non-hydrogen) atoms. The molecular weight excluding hydrogens is 324 g/mol. The summed E-state index contributed by atoms with van der Waals surface area (Å²) >= 11 is 0. The monoisotopic (exact) mass is 346 g/mol. The summed E-state index contributed by atoms with van der Waals surface area (Å²) in [5.74, 6) is 0.142. The molecule has 0 atom stereocenters. The smallest absolute Gasteiger partial charge is 0.310 e. The summed E-state index contributed by atoms with van der Waals surface area (Å²) in [6, 6.07) is 18.6. The third kappa shape index (κ3) is 3.34. The summed E-state index contributed by atoms with van der Waals surface area (Å²) in [7, 11) is 1.36. The molecule has 0 amide bonds. The molecule has 0 fully saturated rings. The molecule has 1 aromatic heterocycles. The molecule has 0 saturated carbocycles. The highest BCUT2D eigenvalue weighted by Gasteiger charge is 2.19. The molecule has 132 valence electrons. The fraction of sp³-hybridized carbons (Fsp3) is 0.273. The van der Waals surface area contributed by atoms with Crippen LogP contribution in [0, 0.1) is 11.3 Å². The maximum Gasteiger partial charge on any atom is 0.310 e. The Morgan fingerprint density at radius 2 is 1.85 bits per heavy atom. The maximum atomic E-state index is 11.8. The molecular formula is C22H22N2O2. The highest BCUT2D eigenvalue weighted by molar-refractivity contribution is 5.90. The van der Waals surface area contributed by atoms with Gasteiger partial charge in [0.05, 0.1) is 13.5 Å². The molecule has 3 rings (SSSR count). The largest absolute Gasteiger partial charge is 0.469 e. The number of rotatable bonds is 5. The number of fused-ring (bicyclic) bond motifs is 1. The lowest BCUT2D eigenvalue weighted by atomic mass is 10.0. The van der Waals surface area contributed by atoms with Crippen molar-refractivity contribution in [3.8, 4) is 6.07 Å². The Hall–Kier alpha value is -3.06. The van der Waals surface area contributed by atoms with Gasteiger partial charge < -0.3 is 9.30 Å². The fourth-order valence-electron chi connectivity index (χ4n) is 3.25. The van der Waals surface area contributed by atoms with Crippen LogP contribution < -0.4 is 0 Å². The second kappa shape index (κ2) is 7.45. The Bertz CT molecular complexity index is 976. The highest BCUT2D eigenvalue weighted by Crippen LogP contribution is 2.28. The molecule has 2 aromatic carbocycles. The first-order chi connectivity index (χ1) is 12.5. The molecule has 0 aliphatic heterocycles. The van der Waals surface area contributed by atoms with Gasteiger partial charge in [0.1, 0.15) is 11.8 Å². The molecule has 0 spiro atoms. The first-order valence-corrected chi connectivity index (χ1v) is 8.71. The van der Waals surface area contributed by atoms with Crippen LogP contribution in [0.1, 0.15) is 42.1 Å². The van der Waals surface area contributed by atoms with Gasteiger partial charge in [0.25, 0.3) is 0 Å². The van der Waals surface area contributed by atoms with Gasteiger partial charge in [-0.25, -0.2) is 0 Å². The van der Waals surface area contributed by atoms with E-state index in [9.17, 15) is 10.1 Å². The van der Waals surface area contributed by atoms with Crippen molar-refractivity contribution in [3.63, 3.8) is 0 Å². The van der Waals surface area contributed by atoms with Crippen LogP contribution in [0.25, 0.3) is 10.9 Å². The van der Waals surface area contributed by atoms with E-state index in [0.717, 1.165) is 22.0 Å². The van der Waals surface area contributed by atoms with Gasteiger partial charge in [-0.05, 0) is 23.1 Å². The van der Waals surface area contributed by atoms with Crippen molar-refractivity contribution >= 4 is 16.9 Å². The van der Waals surface area contributed by atoms with Gasteiger partial charge in [-0.3, -0.25) is 4.79 Å². The van der Waals surface area contributed by atoms with Crippen LogP contribution in [0.15, 0.2) is 48.5 Å². The average Bonchev–Trinajstić information content (AvgIpc) is 2.95. The average molecular weight is 346 g/mol. The van der Waals surface area contributed by atoms with Crippen LogP contribution >= 0.6 is 0 Å². The van der Waals surface area contributed by atoms with Crippen LogP contribution in [-0.2, 0) is 22.5 Å². The van der Waals surface area contributed by atoms with Crippen molar-refractivity contribution in [2.75, 3.05) is 7.11 Å². The number of aromatic nitrogens is 1. The normalized spacial score (nSPS) is 10.9. The van der Waals surface area contributed by atoms with E-state index >= 15 is 0 Å². The van der Waals surface area contributed by atoms with Gasteiger partial charge in [0, 0.05) is 23.0 Å². The molecule has 0 unspecified atom stereocenters. The van der Waals surface area contributed by atoms with Crippen LogP contribution in [0.3, 0.4) is 0 Å². The first kappa shape index (κ1) is 17.8. The lowest BCUT2D eigenvalue weighted by Crippen LogP contribution is -2.07. The van der Waals surface area contributed by atoms with Gasteiger partial charge in [-0.2, -0.15) is 5.26 Å². The number of nitrogens with zero attached hydrogens (tertiary/aromatic N) is 2. The summed E-state index contributed by atoms with van der Waals surface area (Å²) in [5.41, 5.74) is 4.61. The van der Waals surface area contributed by atoms with E-state index in [2.05, 4.69) is 44.2 Å². The minimum absolute atomic E-state index is 0.0964.